The Labute approximate surface area is 203 Å². The second-order valence-corrected chi connectivity index (χ2v) is 7.75. The van der Waals surface area contributed by atoms with Gasteiger partial charge in [-0.3, -0.25) is 0 Å². The first-order valence-corrected chi connectivity index (χ1v) is 10.6. The zero-order valence-corrected chi connectivity index (χ0v) is 19.4. The van der Waals surface area contributed by atoms with Crippen LogP contribution in [0.1, 0.15) is 0 Å². The normalized spacial score (nSPS) is 14.9. The molecule has 0 aliphatic heterocycles. The summed E-state index contributed by atoms with van der Waals surface area (Å²) in [6.07, 6.45) is -4.44. The average molecular weight is 516 g/mol. The van der Waals surface area contributed by atoms with Gasteiger partial charge in [0.2, 0.25) is 0 Å². The van der Waals surface area contributed by atoms with Crippen LogP contribution in [0.15, 0.2) is 30.6 Å². The molecule has 35 heavy (non-hydrogen) atoms. The van der Waals surface area contributed by atoms with E-state index in [9.17, 15) is 29.2 Å². The van der Waals surface area contributed by atoms with E-state index < -0.39 is 54.3 Å². The number of aromatic nitrogens is 2. The van der Waals surface area contributed by atoms with Crippen molar-refractivity contribution in [3.63, 3.8) is 0 Å². The highest BCUT2D eigenvalue weighted by molar-refractivity contribution is 6.31. The number of nitrogens with zero attached hydrogens (tertiary/aromatic N) is 2. The van der Waals surface area contributed by atoms with Gasteiger partial charge in [0, 0.05) is 18.6 Å². The van der Waals surface area contributed by atoms with Crippen LogP contribution < -0.4 is 14.8 Å². The lowest BCUT2D eigenvalue weighted by molar-refractivity contribution is -0.127. The molecule has 0 saturated heterocycles. The molecule has 0 bridgehead atoms. The molecule has 0 fully saturated rings. The molecule has 13 heteroatoms. The molecule has 3 aromatic rings. The van der Waals surface area contributed by atoms with Crippen LogP contribution in [0, 0.1) is 11.6 Å². The number of nitrogens with one attached hydrogen (secondary N) is 1. The summed E-state index contributed by atoms with van der Waals surface area (Å²) >= 11 is 5.64. The molecule has 3 rings (SSSR count). The Balaban J connectivity index is 1.95. The summed E-state index contributed by atoms with van der Waals surface area (Å²) in [4.78, 5) is 8.24. The largest absolute Gasteiger partial charge is 0.493 e. The number of methoxy groups -OCH3 is 2. The van der Waals surface area contributed by atoms with Crippen LogP contribution in [-0.4, -0.2) is 82.2 Å². The van der Waals surface area contributed by atoms with E-state index in [2.05, 4.69) is 15.3 Å². The molecule has 10 nitrogen and oxygen atoms in total. The number of anilines is 2. The van der Waals surface area contributed by atoms with Crippen molar-refractivity contribution in [2.24, 2.45) is 0 Å². The van der Waals surface area contributed by atoms with Crippen molar-refractivity contribution < 1.29 is 43.4 Å². The van der Waals surface area contributed by atoms with Crippen molar-refractivity contribution in [2.75, 3.05) is 32.8 Å². The number of aliphatic hydroxyl groups is 4. The Bertz CT molecular complexity index is 1170. The number of hydrogen-bond acceptors (Lipinski definition) is 10. The number of rotatable bonds is 11. The van der Waals surface area contributed by atoms with E-state index in [4.69, 9.17) is 25.8 Å². The molecule has 2 aromatic carbocycles. The Morgan fingerprint density at radius 2 is 1.69 bits per heavy atom. The third-order valence-electron chi connectivity index (χ3n) is 5.26. The van der Waals surface area contributed by atoms with E-state index in [0.717, 1.165) is 12.1 Å². The van der Waals surface area contributed by atoms with Crippen LogP contribution in [0.3, 0.4) is 0 Å². The van der Waals surface area contributed by atoms with Crippen molar-refractivity contribution in [1.29, 1.82) is 0 Å². The molecule has 0 aliphatic rings. The van der Waals surface area contributed by atoms with Gasteiger partial charge in [-0.2, -0.15) is 0 Å². The molecule has 1 heterocycles. The van der Waals surface area contributed by atoms with E-state index in [1.54, 1.807) is 0 Å². The first-order valence-electron chi connectivity index (χ1n) is 10.3. The first kappa shape index (κ1) is 26.7. The Kier molecular flexibility index (Phi) is 8.94. The van der Waals surface area contributed by atoms with Crippen molar-refractivity contribution in [3.05, 3.63) is 47.2 Å². The number of benzene rings is 2. The number of fused-ring (bicyclic) bond motifs is 1. The topological polar surface area (TPSA) is 146 Å². The summed E-state index contributed by atoms with van der Waals surface area (Å²) in [6, 6.07) is 5.07. The molecule has 0 spiro atoms. The van der Waals surface area contributed by atoms with Crippen LogP contribution in [-0.2, 0) is 4.74 Å². The van der Waals surface area contributed by atoms with Crippen molar-refractivity contribution >= 4 is 34.0 Å². The molecular formula is C22H24ClF2N3O7. The number of aliphatic hydroxyl groups excluding tert-OH is 4. The molecule has 4 atom stereocenters. The summed E-state index contributed by atoms with van der Waals surface area (Å²) < 4.78 is 43.8. The predicted octanol–water partition coefficient (Wildman–Crippen LogP) is 1.78. The fourth-order valence-corrected chi connectivity index (χ4v) is 3.47. The van der Waals surface area contributed by atoms with Crippen molar-refractivity contribution in [1.82, 2.24) is 9.97 Å². The average Bonchev–Trinajstić information content (AvgIpc) is 2.87. The molecule has 1 aromatic heterocycles. The van der Waals surface area contributed by atoms with E-state index in [0.29, 0.717) is 10.9 Å². The van der Waals surface area contributed by atoms with Gasteiger partial charge in [-0.15, -0.1) is 0 Å². The van der Waals surface area contributed by atoms with E-state index >= 15 is 0 Å². The van der Waals surface area contributed by atoms with Gasteiger partial charge in [0.15, 0.2) is 23.4 Å². The van der Waals surface area contributed by atoms with Crippen LogP contribution in [0.4, 0.5) is 20.3 Å². The van der Waals surface area contributed by atoms with E-state index in [1.165, 1.54) is 32.7 Å². The minimum absolute atomic E-state index is 0.0592. The van der Waals surface area contributed by atoms with Gasteiger partial charge in [0.1, 0.15) is 41.3 Å². The van der Waals surface area contributed by atoms with Crippen LogP contribution >= 0.6 is 11.6 Å². The maximum Gasteiger partial charge on any atom is 0.168 e. The first-order chi connectivity index (χ1) is 16.7. The van der Waals surface area contributed by atoms with Crippen LogP contribution in [0.25, 0.3) is 10.9 Å². The van der Waals surface area contributed by atoms with E-state index in [1.807, 2.05) is 0 Å². The highest BCUT2D eigenvalue weighted by Gasteiger charge is 2.34. The molecule has 0 radical (unpaired) electrons. The van der Waals surface area contributed by atoms with Gasteiger partial charge >= 0.3 is 0 Å². The maximum absolute atomic E-state index is 14.4. The Morgan fingerprint density at radius 3 is 2.31 bits per heavy atom. The fourth-order valence-electron chi connectivity index (χ4n) is 3.31. The number of halogens is 3. The molecule has 0 unspecified atom stereocenters. The van der Waals surface area contributed by atoms with Gasteiger partial charge in [-0.1, -0.05) is 11.6 Å². The summed E-state index contributed by atoms with van der Waals surface area (Å²) in [7, 11) is 2.59. The third kappa shape index (κ3) is 5.69. The smallest absolute Gasteiger partial charge is 0.168 e. The standard InChI is InChI=1S/C22H24ClF2N3O7/c1-33-14-5-10-13(6-15(14)35-17(8-30)21(32)20(31)16(7-29)34-2)26-9-27-22(10)28-12-4-3-11(24)18(23)19(12)25/h3-6,9,16-17,20-21,29-32H,7-8H2,1-2H3,(H,26,27,28)/t16-,17-,20+,21+/m0/s1. The lowest BCUT2D eigenvalue weighted by atomic mass is 10.0. The second-order valence-electron chi connectivity index (χ2n) is 7.37. The number of hydrogen-bond donors (Lipinski definition) is 5. The SMILES string of the molecule is COc1cc2c(Nc3ccc(F)c(Cl)c3F)ncnc2cc1O[C@@H](CO)[C@@H](O)[C@H](O)[C@H](CO)OC. The lowest BCUT2D eigenvalue weighted by Crippen LogP contribution is -2.49. The summed E-state index contributed by atoms with van der Waals surface area (Å²) in [5.74, 6) is -1.56. The van der Waals surface area contributed by atoms with Crippen LogP contribution in [0.2, 0.25) is 5.02 Å². The summed E-state index contributed by atoms with van der Waals surface area (Å²) in [5.41, 5.74) is 0.188. The fraction of sp³-hybridized carbons (Fsp3) is 0.364. The van der Waals surface area contributed by atoms with Crippen molar-refractivity contribution in [2.45, 2.75) is 24.4 Å². The summed E-state index contributed by atoms with van der Waals surface area (Å²) in [6.45, 7) is -1.26. The highest BCUT2D eigenvalue weighted by atomic mass is 35.5. The molecule has 5 N–H and O–H groups in total. The third-order valence-corrected chi connectivity index (χ3v) is 5.61. The zero-order valence-electron chi connectivity index (χ0n) is 18.7. The molecular weight excluding hydrogens is 492 g/mol. The quantitative estimate of drug-likeness (QED) is 0.239. The molecule has 190 valence electrons. The lowest BCUT2D eigenvalue weighted by Gasteiger charge is -2.30. The van der Waals surface area contributed by atoms with E-state index in [-0.39, 0.29) is 23.0 Å². The second kappa shape index (κ2) is 11.7. The van der Waals surface area contributed by atoms with Crippen LogP contribution in [0.5, 0.6) is 11.5 Å². The van der Waals surface area contributed by atoms with Crippen molar-refractivity contribution in [3.8, 4) is 11.5 Å². The Hall–Kier alpha value is -2.87. The minimum atomic E-state index is -1.63. The van der Waals surface area contributed by atoms with Gasteiger partial charge in [-0.25, -0.2) is 18.7 Å². The number of ether oxygens (including phenoxy) is 3. The highest BCUT2D eigenvalue weighted by Crippen LogP contribution is 2.36. The van der Waals surface area contributed by atoms with Gasteiger partial charge < -0.3 is 40.0 Å². The Morgan fingerprint density at radius 1 is 1.00 bits per heavy atom. The maximum atomic E-state index is 14.4. The molecule has 0 saturated carbocycles. The monoisotopic (exact) mass is 515 g/mol. The molecule has 0 amide bonds. The predicted molar refractivity (Wildman–Crippen MR) is 122 cm³/mol. The summed E-state index contributed by atoms with van der Waals surface area (Å²) in [5, 5.41) is 42.1. The molecule has 0 aliphatic carbocycles. The van der Waals surface area contributed by atoms with Gasteiger partial charge in [0.25, 0.3) is 0 Å². The zero-order chi connectivity index (χ0) is 25.7. The minimum Gasteiger partial charge on any atom is -0.493 e. The van der Waals surface area contributed by atoms with Gasteiger partial charge in [0.05, 0.1) is 31.5 Å². The van der Waals surface area contributed by atoms with Gasteiger partial charge in [-0.05, 0) is 18.2 Å².